The van der Waals surface area contributed by atoms with Crippen molar-refractivity contribution in [1.29, 1.82) is 5.26 Å². The molecule has 1 heterocycles. The van der Waals surface area contributed by atoms with E-state index >= 15 is 0 Å². The summed E-state index contributed by atoms with van der Waals surface area (Å²) in [5.74, 6) is -1.25. The van der Waals surface area contributed by atoms with E-state index in [1.165, 1.54) is 0 Å². The summed E-state index contributed by atoms with van der Waals surface area (Å²) in [6.07, 6.45) is -2.41. The molecule has 90 valence electrons. The zero-order valence-electron chi connectivity index (χ0n) is 8.45. The Morgan fingerprint density at radius 1 is 1.65 bits per heavy atom. The minimum absolute atomic E-state index is 0.131. The highest BCUT2D eigenvalue weighted by molar-refractivity contribution is 9.08. The summed E-state index contributed by atoms with van der Waals surface area (Å²) in [6.45, 7) is 0. The summed E-state index contributed by atoms with van der Waals surface area (Å²) in [4.78, 5) is 14.3. The van der Waals surface area contributed by atoms with Crippen LogP contribution in [-0.4, -0.2) is 16.1 Å². The van der Waals surface area contributed by atoms with Gasteiger partial charge in [-0.2, -0.15) is 5.26 Å². The van der Waals surface area contributed by atoms with Gasteiger partial charge < -0.3 is 5.11 Å². The fourth-order valence-corrected chi connectivity index (χ4v) is 1.81. The smallest absolute Gasteiger partial charge is 0.307 e. The lowest BCUT2D eigenvalue weighted by Gasteiger charge is -2.11. The molecule has 1 N–H and O–H groups in total. The number of nitrogens with zero attached hydrogens (tertiary/aromatic N) is 2. The molecule has 1 aromatic rings. The van der Waals surface area contributed by atoms with E-state index in [9.17, 15) is 13.6 Å². The van der Waals surface area contributed by atoms with Crippen molar-refractivity contribution in [2.75, 3.05) is 0 Å². The third kappa shape index (κ3) is 2.97. The molecule has 4 nitrogen and oxygen atoms in total. The molecule has 0 saturated heterocycles. The molecule has 0 aliphatic rings. The number of hydrogen-bond donors (Lipinski definition) is 1. The number of hydrogen-bond acceptors (Lipinski definition) is 3. The molecule has 0 atom stereocenters. The van der Waals surface area contributed by atoms with Gasteiger partial charge in [0.1, 0.15) is 6.07 Å². The van der Waals surface area contributed by atoms with Crippen molar-refractivity contribution in [2.24, 2.45) is 0 Å². The first-order chi connectivity index (χ1) is 8.01. The molecule has 1 aromatic heterocycles. The van der Waals surface area contributed by atoms with Gasteiger partial charge in [-0.3, -0.25) is 9.78 Å². The Hall–Kier alpha value is -1.55. The molecule has 7 heteroatoms. The molecular formula is C10H7BrF2N2O2. The van der Waals surface area contributed by atoms with E-state index in [0.717, 1.165) is 6.20 Å². The number of aromatic nitrogens is 1. The van der Waals surface area contributed by atoms with Crippen LogP contribution in [0.3, 0.4) is 0 Å². The van der Waals surface area contributed by atoms with E-state index in [1.807, 2.05) is 0 Å². The number of carboxylic acids is 1. The highest BCUT2D eigenvalue weighted by atomic mass is 79.9. The van der Waals surface area contributed by atoms with E-state index in [4.69, 9.17) is 10.4 Å². The van der Waals surface area contributed by atoms with Crippen molar-refractivity contribution in [2.45, 2.75) is 18.2 Å². The lowest BCUT2D eigenvalue weighted by atomic mass is 10.0. The number of halogens is 3. The van der Waals surface area contributed by atoms with Gasteiger partial charge in [0.2, 0.25) is 0 Å². The van der Waals surface area contributed by atoms with Crippen LogP contribution in [0.15, 0.2) is 6.20 Å². The van der Waals surface area contributed by atoms with Crippen LogP contribution in [0, 0.1) is 11.3 Å². The molecule has 17 heavy (non-hydrogen) atoms. The summed E-state index contributed by atoms with van der Waals surface area (Å²) in [5, 5.41) is 17.6. The first kappa shape index (κ1) is 13.5. The van der Waals surface area contributed by atoms with Gasteiger partial charge in [-0.25, -0.2) is 8.78 Å². The van der Waals surface area contributed by atoms with Gasteiger partial charge in [-0.15, -0.1) is 0 Å². The Bertz CT molecular complexity index is 486. The summed E-state index contributed by atoms with van der Waals surface area (Å²) >= 11 is 3.03. The number of aliphatic carboxylic acids is 1. The van der Waals surface area contributed by atoms with Crippen molar-refractivity contribution in [3.8, 4) is 6.07 Å². The monoisotopic (exact) mass is 304 g/mol. The molecule has 0 aromatic carbocycles. The van der Waals surface area contributed by atoms with Crippen molar-refractivity contribution >= 4 is 21.9 Å². The fraction of sp³-hybridized carbons (Fsp3) is 0.300. The molecule has 0 bridgehead atoms. The van der Waals surface area contributed by atoms with Crippen LogP contribution in [0.1, 0.15) is 28.8 Å². The van der Waals surface area contributed by atoms with Crippen LogP contribution in [0.25, 0.3) is 0 Å². The third-order valence-electron chi connectivity index (χ3n) is 2.08. The van der Waals surface area contributed by atoms with E-state index in [2.05, 4.69) is 20.9 Å². The second kappa shape index (κ2) is 5.68. The highest BCUT2D eigenvalue weighted by Crippen LogP contribution is 2.28. The molecular weight excluding hydrogens is 298 g/mol. The number of nitriles is 1. The van der Waals surface area contributed by atoms with Gasteiger partial charge in [-0.05, 0) is 5.56 Å². The predicted molar refractivity (Wildman–Crippen MR) is 57.9 cm³/mol. The molecule has 0 unspecified atom stereocenters. The quantitative estimate of drug-likeness (QED) is 0.867. The van der Waals surface area contributed by atoms with Gasteiger partial charge >= 0.3 is 5.97 Å². The summed E-state index contributed by atoms with van der Waals surface area (Å²) < 4.78 is 25.7. The second-order valence-corrected chi connectivity index (χ2v) is 3.70. The number of carboxylic acid groups (broad SMARTS) is 1. The number of pyridine rings is 1. The van der Waals surface area contributed by atoms with Crippen LogP contribution in [0.4, 0.5) is 8.78 Å². The van der Waals surface area contributed by atoms with E-state index in [-0.39, 0.29) is 22.2 Å². The first-order valence-corrected chi connectivity index (χ1v) is 5.60. The number of carbonyl (C=O) groups is 1. The standard InChI is InChI=1S/C10H7BrF2N2O2/c11-2-7-6(3-14)9(10(12)13)5(4-15-7)1-8(16)17/h4,10H,1-2H2,(H,16,17). The number of alkyl halides is 3. The Kier molecular flexibility index (Phi) is 4.52. The maximum absolute atomic E-state index is 12.9. The molecule has 0 aliphatic heterocycles. The molecule has 0 spiro atoms. The van der Waals surface area contributed by atoms with Gasteiger partial charge in [-0.1, -0.05) is 15.9 Å². The SMILES string of the molecule is N#Cc1c(CBr)ncc(CC(=O)O)c1C(F)F. The minimum atomic E-state index is -2.90. The summed E-state index contributed by atoms with van der Waals surface area (Å²) in [6, 6.07) is 1.64. The van der Waals surface area contributed by atoms with Crippen molar-refractivity contribution < 1.29 is 18.7 Å². The molecule has 0 fully saturated rings. The molecule has 0 amide bonds. The second-order valence-electron chi connectivity index (χ2n) is 3.14. The van der Waals surface area contributed by atoms with Crippen molar-refractivity contribution in [3.05, 3.63) is 28.6 Å². The summed E-state index contributed by atoms with van der Waals surface area (Å²) in [7, 11) is 0. The Balaban J connectivity index is 3.43. The highest BCUT2D eigenvalue weighted by Gasteiger charge is 2.22. The number of rotatable bonds is 4. The van der Waals surface area contributed by atoms with Crippen LogP contribution in [-0.2, 0) is 16.5 Å². The predicted octanol–water partition coefficient (Wildman–Crippen LogP) is 2.41. The zero-order valence-corrected chi connectivity index (χ0v) is 10.0. The average molecular weight is 305 g/mol. The van der Waals surface area contributed by atoms with Crippen LogP contribution < -0.4 is 0 Å². The maximum atomic E-state index is 12.9. The fourth-order valence-electron chi connectivity index (χ4n) is 1.39. The molecule has 0 saturated carbocycles. The Morgan fingerprint density at radius 2 is 2.29 bits per heavy atom. The zero-order chi connectivity index (χ0) is 13.0. The van der Waals surface area contributed by atoms with Crippen molar-refractivity contribution in [1.82, 2.24) is 4.98 Å². The summed E-state index contributed by atoms with van der Waals surface area (Å²) in [5.41, 5.74) is -0.749. The largest absolute Gasteiger partial charge is 0.481 e. The Labute approximate surface area is 104 Å². The molecule has 0 aliphatic carbocycles. The van der Waals surface area contributed by atoms with Crippen LogP contribution in [0.2, 0.25) is 0 Å². The van der Waals surface area contributed by atoms with Gasteiger partial charge in [0, 0.05) is 17.1 Å². The maximum Gasteiger partial charge on any atom is 0.307 e. The lowest BCUT2D eigenvalue weighted by molar-refractivity contribution is -0.136. The molecule has 1 rings (SSSR count). The van der Waals surface area contributed by atoms with Crippen LogP contribution >= 0.6 is 15.9 Å². The minimum Gasteiger partial charge on any atom is -0.481 e. The van der Waals surface area contributed by atoms with E-state index in [0.29, 0.717) is 0 Å². The topological polar surface area (TPSA) is 74.0 Å². The van der Waals surface area contributed by atoms with Crippen LogP contribution in [0.5, 0.6) is 0 Å². The first-order valence-electron chi connectivity index (χ1n) is 4.47. The normalized spacial score (nSPS) is 10.3. The lowest BCUT2D eigenvalue weighted by Crippen LogP contribution is -2.09. The van der Waals surface area contributed by atoms with E-state index < -0.39 is 24.4 Å². The van der Waals surface area contributed by atoms with Gasteiger partial charge in [0.15, 0.2) is 0 Å². The molecule has 0 radical (unpaired) electrons. The van der Waals surface area contributed by atoms with E-state index in [1.54, 1.807) is 6.07 Å². The Morgan fingerprint density at radius 3 is 2.71 bits per heavy atom. The third-order valence-corrected chi connectivity index (χ3v) is 2.61. The van der Waals surface area contributed by atoms with Gasteiger partial charge in [0.05, 0.1) is 17.7 Å². The average Bonchev–Trinajstić information content (AvgIpc) is 2.26. The van der Waals surface area contributed by atoms with Gasteiger partial charge in [0.25, 0.3) is 6.43 Å². The van der Waals surface area contributed by atoms with Crippen molar-refractivity contribution in [3.63, 3.8) is 0 Å².